The molecule has 0 radical (unpaired) electrons. The van der Waals surface area contributed by atoms with Gasteiger partial charge >= 0.3 is 12.3 Å². The second kappa shape index (κ2) is 17.6. The first-order valence-corrected chi connectivity index (χ1v) is 19.5. The van der Waals surface area contributed by atoms with Crippen molar-refractivity contribution in [3.63, 3.8) is 0 Å². The Kier molecular flexibility index (Phi) is 12.9. The molecule has 0 saturated carbocycles. The number of benzene rings is 2. The van der Waals surface area contributed by atoms with E-state index in [0.29, 0.717) is 61.2 Å². The molecule has 3 aliphatic heterocycles. The van der Waals surface area contributed by atoms with Crippen LogP contribution in [0.3, 0.4) is 0 Å². The Hall–Kier alpha value is -4.36. The largest absolute Gasteiger partial charge is 0.494 e. The van der Waals surface area contributed by atoms with Gasteiger partial charge in [-0.15, -0.1) is 0 Å². The van der Waals surface area contributed by atoms with Crippen LogP contribution in [0.1, 0.15) is 37.8 Å². The molecule has 5 atom stereocenters. The number of aliphatic hydroxyl groups is 1. The fourth-order valence-corrected chi connectivity index (χ4v) is 8.11. The topological polar surface area (TPSA) is 167 Å². The number of sulfonamides is 1. The van der Waals surface area contributed by atoms with Crippen LogP contribution < -0.4 is 24.8 Å². The first-order chi connectivity index (χ1) is 26.3. The number of hydrogen-bond acceptors (Lipinski definition) is 12. The molecule has 300 valence electrons. The monoisotopic (exact) mass is 794 g/mol. The molecule has 0 bridgehead atoms. The molecule has 4 heterocycles. The van der Waals surface area contributed by atoms with Gasteiger partial charge in [-0.1, -0.05) is 26.0 Å². The Morgan fingerprint density at radius 1 is 1.05 bits per heavy atom. The summed E-state index contributed by atoms with van der Waals surface area (Å²) >= 11 is 0. The van der Waals surface area contributed by atoms with Gasteiger partial charge in [0.2, 0.25) is 16.8 Å². The summed E-state index contributed by atoms with van der Waals surface area (Å²) in [4.78, 5) is 17.1. The Balaban J connectivity index is 1.09. The fourth-order valence-electron chi connectivity index (χ4n) is 6.47. The van der Waals surface area contributed by atoms with Crippen LogP contribution in [0.4, 0.5) is 23.8 Å². The molecule has 2 fully saturated rings. The number of aliphatic hydroxyl groups excluding tert-OH is 1. The van der Waals surface area contributed by atoms with Crippen LogP contribution in [0.25, 0.3) is 0 Å². The number of alkyl carbamates (subject to hydrolysis) is 1. The molecule has 2 aromatic carbocycles. The highest BCUT2D eigenvalue weighted by atomic mass is 32.2. The number of hydrogen-bond donors (Lipinski definition) is 3. The summed E-state index contributed by atoms with van der Waals surface area (Å²) in [5, 5.41) is 17.4. The summed E-state index contributed by atoms with van der Waals surface area (Å²) < 4.78 is 101. The second-order valence-electron chi connectivity index (χ2n) is 13.9. The molecule has 18 heteroatoms. The third-order valence-corrected chi connectivity index (χ3v) is 11.1. The molecule has 14 nitrogen and oxygen atoms in total. The minimum Gasteiger partial charge on any atom is -0.494 e. The summed E-state index contributed by atoms with van der Waals surface area (Å²) in [6.45, 7) is 4.87. The van der Waals surface area contributed by atoms with Crippen molar-refractivity contribution in [1.82, 2.24) is 14.6 Å². The molecule has 1 aromatic heterocycles. The summed E-state index contributed by atoms with van der Waals surface area (Å²) in [5.41, 5.74) is -0.106. The van der Waals surface area contributed by atoms with E-state index in [4.69, 9.17) is 28.4 Å². The zero-order chi connectivity index (χ0) is 39.2. The van der Waals surface area contributed by atoms with Gasteiger partial charge in [0.15, 0.2) is 17.8 Å². The lowest BCUT2D eigenvalue weighted by atomic mass is 10.0. The third-order valence-electron chi connectivity index (χ3n) is 9.32. The number of amides is 1. The number of aromatic nitrogens is 1. The number of nitrogens with one attached hydrogen (secondary N) is 2. The number of carbonyl (C=O) groups excluding carboxylic acids is 1. The molecular weight excluding hydrogens is 749 g/mol. The van der Waals surface area contributed by atoms with Gasteiger partial charge in [-0.2, -0.15) is 17.5 Å². The maximum Gasteiger partial charge on any atom is 0.417 e. The molecule has 3 N–H and O–H groups in total. The summed E-state index contributed by atoms with van der Waals surface area (Å²) in [5.74, 6) is 1.40. The molecule has 0 spiro atoms. The maximum atomic E-state index is 13.9. The van der Waals surface area contributed by atoms with E-state index in [-0.39, 0.29) is 49.6 Å². The van der Waals surface area contributed by atoms with E-state index in [0.717, 1.165) is 12.3 Å². The van der Waals surface area contributed by atoms with Crippen molar-refractivity contribution in [2.45, 2.75) is 68.7 Å². The Bertz CT molecular complexity index is 1850. The number of nitrogens with zero attached hydrogens (tertiary/aromatic N) is 2. The number of pyridine rings is 1. The van der Waals surface area contributed by atoms with Crippen LogP contribution in [-0.2, 0) is 36.8 Å². The third kappa shape index (κ3) is 10.5. The van der Waals surface area contributed by atoms with E-state index in [1.165, 1.54) is 28.6 Å². The molecule has 1 amide bonds. The number of alkyl halides is 3. The highest BCUT2D eigenvalue weighted by Crippen LogP contribution is 2.36. The molecule has 55 heavy (non-hydrogen) atoms. The number of carbonyl (C=O) groups is 1. The van der Waals surface area contributed by atoms with Gasteiger partial charge in [-0.05, 0) is 67.1 Å². The Morgan fingerprint density at radius 3 is 2.56 bits per heavy atom. The molecule has 3 aromatic rings. The van der Waals surface area contributed by atoms with Crippen molar-refractivity contribution < 1.29 is 59.9 Å². The summed E-state index contributed by atoms with van der Waals surface area (Å²) in [6, 6.07) is 12.6. The zero-order valence-corrected chi connectivity index (χ0v) is 31.2. The minimum atomic E-state index is -4.45. The van der Waals surface area contributed by atoms with Crippen molar-refractivity contribution in [1.29, 1.82) is 0 Å². The predicted molar refractivity (Wildman–Crippen MR) is 191 cm³/mol. The van der Waals surface area contributed by atoms with Gasteiger partial charge in [0, 0.05) is 31.9 Å². The van der Waals surface area contributed by atoms with E-state index in [1.807, 2.05) is 13.8 Å². The van der Waals surface area contributed by atoms with Gasteiger partial charge < -0.3 is 44.2 Å². The average molecular weight is 795 g/mol. The zero-order valence-electron chi connectivity index (χ0n) is 30.4. The molecule has 3 unspecified atom stereocenters. The van der Waals surface area contributed by atoms with Crippen LogP contribution in [0, 0.1) is 11.8 Å². The van der Waals surface area contributed by atoms with Gasteiger partial charge in [-0.3, -0.25) is 0 Å². The van der Waals surface area contributed by atoms with Crippen LogP contribution in [0.2, 0.25) is 0 Å². The van der Waals surface area contributed by atoms with E-state index >= 15 is 0 Å². The lowest BCUT2D eigenvalue weighted by Gasteiger charge is -2.31. The number of halogens is 3. The Morgan fingerprint density at radius 2 is 1.84 bits per heavy atom. The van der Waals surface area contributed by atoms with Crippen molar-refractivity contribution >= 4 is 21.9 Å². The lowest BCUT2D eigenvalue weighted by molar-refractivity contribution is -0.137. The summed E-state index contributed by atoms with van der Waals surface area (Å²) in [7, 11) is -4.12. The van der Waals surface area contributed by atoms with Crippen molar-refractivity contribution in [3.8, 4) is 17.2 Å². The van der Waals surface area contributed by atoms with Crippen LogP contribution in [0.5, 0.6) is 17.2 Å². The SMILES string of the molecule is CC(C)CN(C[C@@H](O)[C@H](Cc1ccc(OCCCNc2ccc(C(F)(F)F)cn2)cc1)NC(=O)OC1COC2OCCC12)S(=O)(=O)c1ccc2c(c1)OCO2. The number of fused-ring (bicyclic) bond motifs is 2. The Labute approximate surface area is 317 Å². The van der Waals surface area contributed by atoms with Crippen LogP contribution in [-0.4, -0.2) is 99.7 Å². The van der Waals surface area contributed by atoms with E-state index in [9.17, 15) is 31.5 Å². The minimum absolute atomic E-state index is 0.0186. The van der Waals surface area contributed by atoms with Crippen LogP contribution >= 0.6 is 0 Å². The van der Waals surface area contributed by atoms with Crippen molar-refractivity contribution in [2.75, 3.05) is 51.6 Å². The maximum absolute atomic E-state index is 13.9. The smallest absolute Gasteiger partial charge is 0.417 e. The van der Waals surface area contributed by atoms with Gasteiger partial charge in [0.1, 0.15) is 17.7 Å². The normalized spacial score (nSPS) is 20.3. The number of ether oxygens (including phenoxy) is 6. The predicted octanol–water partition coefficient (Wildman–Crippen LogP) is 4.82. The van der Waals surface area contributed by atoms with E-state index in [1.54, 1.807) is 24.3 Å². The molecule has 6 rings (SSSR count). The van der Waals surface area contributed by atoms with Crippen molar-refractivity contribution in [2.24, 2.45) is 11.8 Å². The van der Waals surface area contributed by atoms with Gasteiger partial charge in [-0.25, -0.2) is 18.2 Å². The lowest BCUT2D eigenvalue weighted by Crippen LogP contribution is -2.51. The summed E-state index contributed by atoms with van der Waals surface area (Å²) in [6.07, 6.45) is -5.45. The standard InChI is InChI=1S/C37H45F3N4O10S/c1-23(2)19-44(55(47,48)27-9-10-31-32(17-27)53-22-52-31)20-30(45)29(43-36(46)54-33-21-51-35-28(33)12-15-50-35)16-24-4-7-26(8-5-24)49-14-3-13-41-34-11-6-25(18-42-34)37(38,39)40/h4-11,17-18,23,28-30,33,35,45H,3,12-16,19-22H2,1-2H3,(H,41,42)(H,43,46)/t28?,29-,30+,33?,35?/m0/s1. The fraction of sp³-hybridized carbons (Fsp3) is 0.514. The van der Waals surface area contributed by atoms with Crippen molar-refractivity contribution in [3.05, 3.63) is 71.9 Å². The van der Waals surface area contributed by atoms with Gasteiger partial charge in [0.05, 0.1) is 48.3 Å². The molecule has 2 saturated heterocycles. The second-order valence-corrected chi connectivity index (χ2v) is 15.9. The molecule has 0 aliphatic carbocycles. The van der Waals surface area contributed by atoms with Gasteiger partial charge in [0.25, 0.3) is 0 Å². The molecule has 3 aliphatic rings. The number of anilines is 1. The van der Waals surface area contributed by atoms with E-state index in [2.05, 4.69) is 15.6 Å². The van der Waals surface area contributed by atoms with E-state index < -0.39 is 52.4 Å². The first kappa shape index (κ1) is 40.3. The average Bonchev–Trinajstić information content (AvgIpc) is 3.90. The van der Waals surface area contributed by atoms with Crippen LogP contribution in [0.15, 0.2) is 65.7 Å². The molecular formula is C37H45F3N4O10S. The number of rotatable bonds is 17. The highest BCUT2D eigenvalue weighted by Gasteiger charge is 2.44. The highest BCUT2D eigenvalue weighted by molar-refractivity contribution is 7.89. The first-order valence-electron chi connectivity index (χ1n) is 18.0. The quantitative estimate of drug-likeness (QED) is 0.160.